The van der Waals surface area contributed by atoms with E-state index >= 15 is 0 Å². The maximum Gasteiger partial charge on any atom is 0.312 e. The summed E-state index contributed by atoms with van der Waals surface area (Å²) in [5, 5.41) is 2.42. The molecule has 0 heterocycles. The van der Waals surface area contributed by atoms with Crippen LogP contribution in [-0.2, 0) is 16.0 Å². The van der Waals surface area contributed by atoms with E-state index in [2.05, 4.69) is 5.32 Å². The lowest BCUT2D eigenvalue weighted by molar-refractivity contribution is -0.142. The highest BCUT2D eigenvalue weighted by Crippen LogP contribution is 2.05. The number of ether oxygens (including phenoxy) is 1. The number of primary amides is 1. The first-order chi connectivity index (χ1) is 8.58. The van der Waals surface area contributed by atoms with Crippen LogP contribution in [0.3, 0.4) is 0 Å². The molecule has 0 aliphatic carbocycles. The van der Waals surface area contributed by atoms with Gasteiger partial charge in [-0.1, -0.05) is 29.8 Å². The van der Waals surface area contributed by atoms with Gasteiger partial charge in [-0.25, -0.2) is 4.79 Å². The van der Waals surface area contributed by atoms with Gasteiger partial charge in [0.2, 0.25) is 0 Å². The summed E-state index contributed by atoms with van der Waals surface area (Å²) < 4.78 is 5.04. The molecule has 98 valence electrons. The molecule has 0 aromatic heterocycles. The van der Waals surface area contributed by atoms with Gasteiger partial charge in [0.25, 0.3) is 0 Å². The Hall–Kier alpha value is -2.04. The summed E-state index contributed by atoms with van der Waals surface area (Å²) in [6, 6.07) is 7.17. The predicted molar refractivity (Wildman–Crippen MR) is 68.0 cm³/mol. The first-order valence-corrected chi connectivity index (χ1v) is 5.82. The molecular formula is C13H18N2O3. The van der Waals surface area contributed by atoms with Crippen LogP contribution in [0, 0.1) is 6.92 Å². The Morgan fingerprint density at radius 1 is 1.39 bits per heavy atom. The minimum absolute atomic E-state index is 0.264. The Morgan fingerprint density at radius 3 is 2.83 bits per heavy atom. The maximum atomic E-state index is 11.5. The van der Waals surface area contributed by atoms with Crippen LogP contribution in [0.1, 0.15) is 17.5 Å². The van der Waals surface area contributed by atoms with Crippen molar-refractivity contribution in [3.63, 3.8) is 0 Å². The molecule has 0 radical (unpaired) electrons. The molecule has 0 aliphatic rings. The van der Waals surface area contributed by atoms with Gasteiger partial charge >= 0.3 is 12.0 Å². The van der Waals surface area contributed by atoms with Gasteiger partial charge < -0.3 is 15.8 Å². The van der Waals surface area contributed by atoms with E-state index < -0.39 is 6.03 Å². The zero-order valence-corrected chi connectivity index (χ0v) is 10.4. The zero-order chi connectivity index (χ0) is 13.4. The number of hydrogen-bond donors (Lipinski definition) is 2. The van der Waals surface area contributed by atoms with Crippen LogP contribution < -0.4 is 11.1 Å². The Morgan fingerprint density at radius 2 is 2.17 bits per heavy atom. The minimum atomic E-state index is -0.568. The fourth-order valence-electron chi connectivity index (χ4n) is 1.51. The molecular weight excluding hydrogens is 232 g/mol. The second kappa shape index (κ2) is 7.32. The minimum Gasteiger partial charge on any atom is -0.465 e. The first-order valence-electron chi connectivity index (χ1n) is 5.82. The van der Waals surface area contributed by atoms with Gasteiger partial charge in [0.1, 0.15) is 0 Å². The van der Waals surface area contributed by atoms with Crippen molar-refractivity contribution in [1.29, 1.82) is 0 Å². The largest absolute Gasteiger partial charge is 0.465 e. The molecule has 1 aromatic rings. The van der Waals surface area contributed by atoms with Crippen LogP contribution in [-0.4, -0.2) is 25.2 Å². The Bertz CT molecular complexity index is 418. The van der Waals surface area contributed by atoms with Crippen molar-refractivity contribution >= 4 is 12.0 Å². The fraction of sp³-hybridized carbons (Fsp3) is 0.385. The number of nitrogens with one attached hydrogen (secondary N) is 1. The Kier molecular flexibility index (Phi) is 5.70. The number of urea groups is 1. The molecule has 0 bridgehead atoms. The van der Waals surface area contributed by atoms with E-state index in [4.69, 9.17) is 10.5 Å². The molecule has 1 aromatic carbocycles. The third-order valence-electron chi connectivity index (χ3n) is 2.31. The molecule has 0 spiro atoms. The van der Waals surface area contributed by atoms with Gasteiger partial charge in [0.15, 0.2) is 0 Å². The molecule has 0 aliphatic heterocycles. The van der Waals surface area contributed by atoms with Gasteiger partial charge in [-0.3, -0.25) is 4.79 Å². The average molecular weight is 250 g/mol. The molecule has 5 heteroatoms. The third-order valence-corrected chi connectivity index (χ3v) is 2.31. The van der Waals surface area contributed by atoms with E-state index in [-0.39, 0.29) is 19.0 Å². The van der Waals surface area contributed by atoms with E-state index in [1.807, 2.05) is 31.2 Å². The van der Waals surface area contributed by atoms with Crippen molar-refractivity contribution in [2.45, 2.75) is 19.8 Å². The lowest BCUT2D eigenvalue weighted by Crippen LogP contribution is -2.30. The molecule has 2 amide bonds. The number of hydrogen-bond acceptors (Lipinski definition) is 3. The van der Waals surface area contributed by atoms with Crippen LogP contribution in [0.25, 0.3) is 0 Å². The van der Waals surface area contributed by atoms with Crippen LogP contribution >= 0.6 is 0 Å². The van der Waals surface area contributed by atoms with E-state index in [0.29, 0.717) is 13.0 Å². The van der Waals surface area contributed by atoms with Crippen molar-refractivity contribution in [2.75, 3.05) is 13.2 Å². The molecule has 5 nitrogen and oxygen atoms in total. The molecule has 0 fully saturated rings. The lowest BCUT2D eigenvalue weighted by Gasteiger charge is -2.05. The molecule has 0 atom stereocenters. The van der Waals surface area contributed by atoms with Crippen LogP contribution in [0.5, 0.6) is 0 Å². The van der Waals surface area contributed by atoms with Gasteiger partial charge in [-0.05, 0) is 18.9 Å². The van der Waals surface area contributed by atoms with Crippen LogP contribution in [0.2, 0.25) is 0 Å². The van der Waals surface area contributed by atoms with E-state index in [1.165, 1.54) is 0 Å². The first kappa shape index (κ1) is 14.0. The second-order valence-corrected chi connectivity index (χ2v) is 4.03. The van der Waals surface area contributed by atoms with E-state index in [0.717, 1.165) is 11.1 Å². The van der Waals surface area contributed by atoms with Crippen molar-refractivity contribution in [2.24, 2.45) is 5.73 Å². The highest BCUT2D eigenvalue weighted by Gasteiger charge is 2.04. The Balaban J connectivity index is 2.20. The number of benzene rings is 1. The summed E-state index contributed by atoms with van der Waals surface area (Å²) in [5.74, 6) is -0.264. The number of carbonyl (C=O) groups is 2. The molecule has 1 rings (SSSR count). The summed E-state index contributed by atoms with van der Waals surface area (Å²) in [6.45, 7) is 2.67. The average Bonchev–Trinajstić information content (AvgIpc) is 2.28. The number of aryl methyl sites for hydroxylation is 1. The highest BCUT2D eigenvalue weighted by atomic mass is 16.5. The predicted octanol–water partition coefficient (Wildman–Crippen LogP) is 1.14. The maximum absolute atomic E-state index is 11.5. The fourth-order valence-corrected chi connectivity index (χ4v) is 1.51. The van der Waals surface area contributed by atoms with Gasteiger partial charge in [0.05, 0.1) is 13.0 Å². The van der Waals surface area contributed by atoms with Gasteiger partial charge in [-0.2, -0.15) is 0 Å². The highest BCUT2D eigenvalue weighted by molar-refractivity contribution is 5.72. The van der Waals surface area contributed by atoms with Crippen molar-refractivity contribution < 1.29 is 14.3 Å². The number of amides is 2. The van der Waals surface area contributed by atoms with Gasteiger partial charge in [0, 0.05) is 6.54 Å². The van der Waals surface area contributed by atoms with Crippen LogP contribution in [0.4, 0.5) is 4.79 Å². The van der Waals surface area contributed by atoms with E-state index in [1.54, 1.807) is 0 Å². The standard InChI is InChI=1S/C13H18N2O3/c1-10-4-2-5-11(8-10)9-12(16)18-7-3-6-15-13(14)17/h2,4-5,8H,3,6-7,9H2,1H3,(H3,14,15,17). The smallest absolute Gasteiger partial charge is 0.312 e. The number of carbonyl (C=O) groups excluding carboxylic acids is 2. The molecule has 18 heavy (non-hydrogen) atoms. The summed E-state index contributed by atoms with van der Waals surface area (Å²) in [4.78, 5) is 21.9. The normalized spacial score (nSPS) is 9.83. The third kappa shape index (κ3) is 5.89. The lowest BCUT2D eigenvalue weighted by atomic mass is 10.1. The van der Waals surface area contributed by atoms with Gasteiger partial charge in [-0.15, -0.1) is 0 Å². The zero-order valence-electron chi connectivity index (χ0n) is 10.4. The van der Waals surface area contributed by atoms with Crippen molar-refractivity contribution in [3.05, 3.63) is 35.4 Å². The topological polar surface area (TPSA) is 81.4 Å². The summed E-state index contributed by atoms with van der Waals surface area (Å²) in [5.41, 5.74) is 6.95. The summed E-state index contributed by atoms with van der Waals surface area (Å²) in [7, 11) is 0. The number of nitrogens with two attached hydrogens (primary N) is 1. The molecule has 0 unspecified atom stereocenters. The quantitative estimate of drug-likeness (QED) is 0.586. The van der Waals surface area contributed by atoms with E-state index in [9.17, 15) is 9.59 Å². The monoisotopic (exact) mass is 250 g/mol. The SMILES string of the molecule is Cc1cccc(CC(=O)OCCCNC(N)=O)c1. The number of rotatable bonds is 6. The summed E-state index contributed by atoms with van der Waals surface area (Å²) in [6.07, 6.45) is 0.827. The van der Waals surface area contributed by atoms with Crippen LogP contribution in [0.15, 0.2) is 24.3 Å². The molecule has 3 N–H and O–H groups in total. The summed E-state index contributed by atoms with van der Waals surface area (Å²) >= 11 is 0. The second-order valence-electron chi connectivity index (χ2n) is 4.03. The molecule has 0 saturated heterocycles. The van der Waals surface area contributed by atoms with Crippen molar-refractivity contribution in [3.8, 4) is 0 Å². The molecule has 0 saturated carbocycles. The Labute approximate surface area is 106 Å². The number of esters is 1. The van der Waals surface area contributed by atoms with Crippen molar-refractivity contribution in [1.82, 2.24) is 5.32 Å².